The molecule has 2 rings (SSSR count). The summed E-state index contributed by atoms with van der Waals surface area (Å²) in [5.41, 5.74) is -7.20. The molecule has 2 aromatic rings. The molecule has 1 heterocycles. The lowest BCUT2D eigenvalue weighted by atomic mass is 10.1. The summed E-state index contributed by atoms with van der Waals surface area (Å²) >= 11 is 0. The van der Waals surface area contributed by atoms with Crippen molar-refractivity contribution in [3.8, 4) is 5.88 Å². The number of carbonyl (C=O) groups excluding carboxylic acids is 1. The molecule has 36 heavy (non-hydrogen) atoms. The van der Waals surface area contributed by atoms with Crippen LogP contribution in [0.4, 0.5) is 50.0 Å². The molecule has 0 fully saturated rings. The molecule has 0 aliphatic rings. The van der Waals surface area contributed by atoms with Crippen molar-refractivity contribution in [1.29, 1.82) is 0 Å². The molecule has 7 nitrogen and oxygen atoms in total. The minimum Gasteiger partial charge on any atom is -0.439 e. The van der Waals surface area contributed by atoms with Gasteiger partial charge >= 0.3 is 24.7 Å². The van der Waals surface area contributed by atoms with Crippen LogP contribution in [-0.2, 0) is 34.5 Å². The van der Waals surface area contributed by atoms with Crippen LogP contribution in [0.1, 0.15) is 37.6 Å². The van der Waals surface area contributed by atoms with Crippen molar-refractivity contribution in [3.05, 3.63) is 46.7 Å². The maximum Gasteiger partial charge on any atom is 0.511 e. The zero-order valence-corrected chi connectivity index (χ0v) is 18.7. The third-order valence-corrected chi connectivity index (χ3v) is 4.26. The Morgan fingerprint density at radius 1 is 1.00 bits per heavy atom. The summed E-state index contributed by atoms with van der Waals surface area (Å²) in [7, 11) is 0. The summed E-state index contributed by atoms with van der Waals surface area (Å²) < 4.78 is 135. The molecule has 0 bridgehead atoms. The Bertz CT molecular complexity index is 1160. The molecule has 0 aliphatic heterocycles. The number of ether oxygens (including phenoxy) is 3. The minimum atomic E-state index is -5.33. The van der Waals surface area contributed by atoms with E-state index in [0.29, 0.717) is 18.2 Å². The van der Waals surface area contributed by atoms with E-state index >= 15 is 0 Å². The maximum absolute atomic E-state index is 13.5. The van der Waals surface area contributed by atoms with Crippen LogP contribution in [0, 0.1) is 0 Å². The van der Waals surface area contributed by atoms with Crippen LogP contribution in [0.25, 0.3) is 0 Å². The average Bonchev–Trinajstić information content (AvgIpc) is 2.71. The molecule has 0 radical (unpaired) electrons. The number of hydrogen-bond acceptors (Lipinski definition) is 6. The average molecular weight is 535 g/mol. The van der Waals surface area contributed by atoms with Gasteiger partial charge in [0.1, 0.15) is 0 Å². The van der Waals surface area contributed by atoms with E-state index in [-0.39, 0.29) is 19.2 Å². The zero-order valence-electron chi connectivity index (χ0n) is 18.7. The molecule has 0 saturated heterocycles. The van der Waals surface area contributed by atoms with Gasteiger partial charge < -0.3 is 14.2 Å². The van der Waals surface area contributed by atoms with Crippen molar-refractivity contribution in [1.82, 2.24) is 9.55 Å². The Labute approximate surface area is 197 Å². The summed E-state index contributed by atoms with van der Waals surface area (Å²) in [6.45, 7) is 3.60. The zero-order chi connectivity index (χ0) is 27.5. The van der Waals surface area contributed by atoms with Crippen LogP contribution in [0.2, 0.25) is 0 Å². The van der Waals surface area contributed by atoms with Crippen LogP contribution in [0.5, 0.6) is 5.88 Å². The van der Waals surface area contributed by atoms with E-state index in [0.717, 1.165) is 11.5 Å². The number of hydrogen-bond donors (Lipinski definition) is 0. The molecule has 1 aromatic heterocycles. The summed E-state index contributed by atoms with van der Waals surface area (Å²) in [5, 5.41) is 0. The van der Waals surface area contributed by atoms with Gasteiger partial charge in [-0.25, -0.2) is 14.8 Å². The largest absolute Gasteiger partial charge is 0.511 e. The fourth-order valence-corrected chi connectivity index (χ4v) is 2.75. The Hall–Kier alpha value is -3.46. The summed E-state index contributed by atoms with van der Waals surface area (Å²) in [6.07, 6.45) is -18.3. The highest BCUT2D eigenvalue weighted by molar-refractivity contribution is 5.59. The van der Waals surface area contributed by atoms with Gasteiger partial charge in [-0.2, -0.15) is 39.5 Å². The van der Waals surface area contributed by atoms with E-state index in [4.69, 9.17) is 9.47 Å². The maximum atomic E-state index is 13.5. The van der Waals surface area contributed by atoms with E-state index in [1.165, 1.54) is 13.8 Å². The molecule has 0 saturated carbocycles. The second kappa shape index (κ2) is 10.7. The third-order valence-electron chi connectivity index (χ3n) is 4.26. The van der Waals surface area contributed by atoms with Crippen molar-refractivity contribution in [2.45, 2.75) is 52.1 Å². The lowest BCUT2D eigenvalue weighted by Gasteiger charge is -2.20. The Kier molecular flexibility index (Phi) is 8.52. The fraction of sp³-hybridized carbons (Fsp3) is 0.450. The van der Waals surface area contributed by atoms with Crippen LogP contribution >= 0.6 is 0 Å². The predicted molar refractivity (Wildman–Crippen MR) is 103 cm³/mol. The highest BCUT2D eigenvalue weighted by Gasteiger charge is 2.39. The van der Waals surface area contributed by atoms with Crippen LogP contribution < -0.4 is 10.4 Å². The summed E-state index contributed by atoms with van der Waals surface area (Å²) in [6, 6.07) is 0.839. The van der Waals surface area contributed by atoms with Gasteiger partial charge in [-0.1, -0.05) is 0 Å². The molecule has 200 valence electrons. The second-order valence-corrected chi connectivity index (χ2v) is 6.85. The van der Waals surface area contributed by atoms with E-state index in [2.05, 4.69) is 14.7 Å². The molecular formula is C20H18F9N3O4. The predicted octanol–water partition coefficient (Wildman–Crippen LogP) is 6.09. The van der Waals surface area contributed by atoms with Crippen LogP contribution in [0.3, 0.4) is 0 Å². The molecule has 1 unspecified atom stereocenters. The quantitative estimate of drug-likeness (QED) is 0.254. The molecule has 0 aliphatic carbocycles. The Morgan fingerprint density at radius 3 is 2.14 bits per heavy atom. The Morgan fingerprint density at radius 2 is 1.64 bits per heavy atom. The minimum absolute atomic E-state index is 0.0777. The fourth-order valence-electron chi connectivity index (χ4n) is 2.75. The van der Waals surface area contributed by atoms with Gasteiger partial charge in [0.2, 0.25) is 17.8 Å². The van der Waals surface area contributed by atoms with Crippen LogP contribution in [-0.4, -0.2) is 28.6 Å². The van der Waals surface area contributed by atoms with Gasteiger partial charge in [-0.05, 0) is 32.0 Å². The highest BCUT2D eigenvalue weighted by atomic mass is 19.4. The first-order valence-corrected chi connectivity index (χ1v) is 9.99. The second-order valence-electron chi connectivity index (χ2n) is 6.85. The highest BCUT2D eigenvalue weighted by Crippen LogP contribution is 2.40. The number of benzene rings is 1. The molecule has 1 atom stereocenters. The van der Waals surface area contributed by atoms with E-state index in [1.54, 1.807) is 0 Å². The standard InChI is InChI=1S/C20H18F9N3O4/c1-4-32-15(35-10(3)36-17(33)34-5-2)9-14(20(27,28)29)31-16(32)30-13-7-6-11(18(21,22)23)8-12(13)19(24,25)26/h6-10H,4-5H2,1-3H3. The number of rotatable bonds is 6. The van der Waals surface area contributed by atoms with E-state index < -0.39 is 65.0 Å². The van der Waals surface area contributed by atoms with Gasteiger partial charge in [0, 0.05) is 19.5 Å². The van der Waals surface area contributed by atoms with E-state index in [9.17, 15) is 44.3 Å². The van der Waals surface area contributed by atoms with Crippen molar-refractivity contribution >= 4 is 11.8 Å². The van der Waals surface area contributed by atoms with Gasteiger partial charge in [0.05, 0.1) is 23.4 Å². The lowest BCUT2D eigenvalue weighted by Crippen LogP contribution is -2.31. The number of nitrogens with zero attached hydrogens (tertiary/aromatic N) is 3. The number of aromatic nitrogens is 2. The Balaban J connectivity index is 2.75. The van der Waals surface area contributed by atoms with Crippen molar-refractivity contribution in [3.63, 3.8) is 0 Å². The van der Waals surface area contributed by atoms with Crippen molar-refractivity contribution < 1.29 is 58.5 Å². The lowest BCUT2D eigenvalue weighted by molar-refractivity contribution is -0.143. The first-order chi connectivity index (χ1) is 16.5. The normalized spacial score (nSPS) is 13.9. The molecule has 16 heteroatoms. The first-order valence-electron chi connectivity index (χ1n) is 9.99. The summed E-state index contributed by atoms with van der Waals surface area (Å²) in [4.78, 5) is 18.2. The molecule has 0 spiro atoms. The van der Waals surface area contributed by atoms with Gasteiger partial charge in [-0.3, -0.25) is 4.57 Å². The van der Waals surface area contributed by atoms with E-state index in [1.807, 2.05) is 0 Å². The number of halogens is 9. The molecule has 0 amide bonds. The van der Waals surface area contributed by atoms with Crippen LogP contribution in [0.15, 0.2) is 29.3 Å². The smallest absolute Gasteiger partial charge is 0.439 e. The molecular weight excluding hydrogens is 517 g/mol. The van der Waals surface area contributed by atoms with Gasteiger partial charge in [-0.15, -0.1) is 0 Å². The SMILES string of the molecule is CCOC(=O)OC(C)Oc1cc(C(F)(F)F)nc(=Nc2ccc(C(F)(F)F)cc2C(F)(F)F)n1CC. The molecule has 0 N–H and O–H groups in total. The van der Waals surface area contributed by atoms with Crippen molar-refractivity contribution in [2.24, 2.45) is 4.99 Å². The summed E-state index contributed by atoms with van der Waals surface area (Å²) in [5.74, 6) is -0.657. The number of carbonyl (C=O) groups is 1. The van der Waals surface area contributed by atoms with Gasteiger partial charge in [0.15, 0.2) is 5.69 Å². The van der Waals surface area contributed by atoms with Gasteiger partial charge in [0.25, 0.3) is 0 Å². The van der Waals surface area contributed by atoms with Crippen molar-refractivity contribution in [2.75, 3.05) is 6.61 Å². The molecule has 1 aromatic carbocycles. The first kappa shape index (κ1) is 28.8. The topological polar surface area (TPSA) is 74.9 Å². The number of alkyl halides is 9. The third kappa shape index (κ3) is 7.27. The monoisotopic (exact) mass is 535 g/mol.